The summed E-state index contributed by atoms with van der Waals surface area (Å²) in [5.74, 6) is 0.722. The Morgan fingerprint density at radius 2 is 1.88 bits per heavy atom. The molecule has 1 N–H and O–H groups in total. The van der Waals surface area contributed by atoms with Crippen LogP contribution in [0.1, 0.15) is 39.4 Å². The summed E-state index contributed by atoms with van der Waals surface area (Å²) in [6.07, 6.45) is -0.656. The van der Waals surface area contributed by atoms with Crippen LogP contribution < -0.4 is 4.74 Å². The summed E-state index contributed by atoms with van der Waals surface area (Å²) in [5, 5.41) is 10.1. The highest BCUT2D eigenvalue weighted by Gasteiger charge is 2.17. The van der Waals surface area contributed by atoms with Crippen molar-refractivity contribution in [1.82, 2.24) is 0 Å². The molecule has 17 heavy (non-hydrogen) atoms. The molecule has 0 aliphatic carbocycles. The Labute approximate surface area is 103 Å². The fourth-order valence-electron chi connectivity index (χ4n) is 1.46. The molecule has 3 nitrogen and oxygen atoms in total. The van der Waals surface area contributed by atoms with Crippen LogP contribution in [-0.2, 0) is 4.74 Å². The molecule has 0 aliphatic heterocycles. The highest BCUT2D eigenvalue weighted by atomic mass is 16.5. The maximum atomic E-state index is 10.1. The maximum Gasteiger partial charge on any atom is 0.125 e. The van der Waals surface area contributed by atoms with Gasteiger partial charge in [0.2, 0.25) is 0 Å². The Bertz CT molecular complexity index is 342. The van der Waals surface area contributed by atoms with Crippen LogP contribution in [0.4, 0.5) is 0 Å². The summed E-state index contributed by atoms with van der Waals surface area (Å²) in [7, 11) is 0. The van der Waals surface area contributed by atoms with E-state index >= 15 is 0 Å². The first kappa shape index (κ1) is 14.0. The lowest BCUT2D eigenvalue weighted by molar-refractivity contribution is -0.0501. The fourth-order valence-corrected chi connectivity index (χ4v) is 1.46. The monoisotopic (exact) mass is 238 g/mol. The standard InChI is InChI=1S/C14H22O3/c1-5-16-13-9-7-6-8-11(13)12(15)10-17-14(2,3)4/h6-9,12,15H,5,10H2,1-4H3. The first-order valence-electron chi connectivity index (χ1n) is 5.98. The van der Waals surface area contributed by atoms with Crippen LogP contribution >= 0.6 is 0 Å². The summed E-state index contributed by atoms with van der Waals surface area (Å²) in [5.41, 5.74) is 0.528. The zero-order valence-electron chi connectivity index (χ0n) is 11.1. The predicted octanol–water partition coefficient (Wildman–Crippen LogP) is 2.93. The summed E-state index contributed by atoms with van der Waals surface area (Å²) in [4.78, 5) is 0. The zero-order valence-corrected chi connectivity index (χ0v) is 11.1. The summed E-state index contributed by atoms with van der Waals surface area (Å²) >= 11 is 0. The Morgan fingerprint density at radius 1 is 1.24 bits per heavy atom. The highest BCUT2D eigenvalue weighted by Crippen LogP contribution is 2.26. The molecule has 0 fully saturated rings. The number of aliphatic hydroxyl groups is 1. The summed E-state index contributed by atoms with van der Waals surface area (Å²) in [6.45, 7) is 8.68. The molecule has 1 unspecified atom stereocenters. The van der Waals surface area contributed by atoms with E-state index in [-0.39, 0.29) is 12.2 Å². The lowest BCUT2D eigenvalue weighted by Gasteiger charge is -2.23. The van der Waals surface area contributed by atoms with E-state index in [2.05, 4.69) is 0 Å². The third kappa shape index (κ3) is 4.75. The minimum Gasteiger partial charge on any atom is -0.493 e. The molecule has 0 amide bonds. The van der Waals surface area contributed by atoms with Crippen molar-refractivity contribution >= 4 is 0 Å². The Kier molecular flexibility index (Phi) is 4.97. The van der Waals surface area contributed by atoms with Crippen molar-refractivity contribution < 1.29 is 14.6 Å². The molecule has 0 heterocycles. The van der Waals surface area contributed by atoms with E-state index in [0.717, 1.165) is 11.3 Å². The number of para-hydroxylation sites is 1. The molecule has 1 atom stereocenters. The molecule has 0 bridgehead atoms. The molecule has 0 saturated carbocycles. The fraction of sp³-hybridized carbons (Fsp3) is 0.571. The SMILES string of the molecule is CCOc1ccccc1C(O)COC(C)(C)C. The molecule has 0 saturated heterocycles. The van der Waals surface area contributed by atoms with E-state index in [4.69, 9.17) is 9.47 Å². The van der Waals surface area contributed by atoms with Gasteiger partial charge in [0.05, 0.1) is 18.8 Å². The van der Waals surface area contributed by atoms with E-state index in [1.165, 1.54) is 0 Å². The maximum absolute atomic E-state index is 10.1. The van der Waals surface area contributed by atoms with Crippen LogP contribution in [-0.4, -0.2) is 23.9 Å². The van der Waals surface area contributed by atoms with Gasteiger partial charge < -0.3 is 14.6 Å². The lowest BCUT2D eigenvalue weighted by atomic mass is 10.1. The number of aliphatic hydroxyl groups excluding tert-OH is 1. The Balaban J connectivity index is 2.70. The van der Waals surface area contributed by atoms with Crippen LogP contribution in [0.25, 0.3) is 0 Å². The number of hydrogen-bond donors (Lipinski definition) is 1. The molecule has 3 heteroatoms. The number of ether oxygens (including phenoxy) is 2. The lowest BCUT2D eigenvalue weighted by Crippen LogP contribution is -2.23. The quantitative estimate of drug-likeness (QED) is 0.857. The minimum atomic E-state index is -0.656. The first-order valence-corrected chi connectivity index (χ1v) is 5.98. The van der Waals surface area contributed by atoms with Crippen molar-refractivity contribution in [3.05, 3.63) is 29.8 Å². The number of hydrogen-bond acceptors (Lipinski definition) is 3. The molecule has 1 rings (SSSR count). The topological polar surface area (TPSA) is 38.7 Å². The van der Waals surface area contributed by atoms with E-state index in [0.29, 0.717) is 6.61 Å². The second-order valence-corrected chi connectivity index (χ2v) is 4.91. The van der Waals surface area contributed by atoms with Gasteiger partial charge in [0, 0.05) is 5.56 Å². The zero-order chi connectivity index (χ0) is 12.9. The van der Waals surface area contributed by atoms with Gasteiger partial charge in [-0.05, 0) is 33.8 Å². The third-order valence-corrected chi connectivity index (χ3v) is 2.25. The van der Waals surface area contributed by atoms with Crippen molar-refractivity contribution in [3.63, 3.8) is 0 Å². The van der Waals surface area contributed by atoms with Gasteiger partial charge in [-0.25, -0.2) is 0 Å². The van der Waals surface area contributed by atoms with Gasteiger partial charge in [-0.15, -0.1) is 0 Å². The van der Waals surface area contributed by atoms with Gasteiger partial charge in [-0.1, -0.05) is 18.2 Å². The average molecular weight is 238 g/mol. The third-order valence-electron chi connectivity index (χ3n) is 2.25. The molecule has 1 aromatic carbocycles. The van der Waals surface area contributed by atoms with Gasteiger partial charge in [-0.3, -0.25) is 0 Å². The van der Waals surface area contributed by atoms with E-state index in [9.17, 15) is 5.11 Å². The van der Waals surface area contributed by atoms with E-state index < -0.39 is 6.10 Å². The van der Waals surface area contributed by atoms with Gasteiger partial charge in [0.1, 0.15) is 11.9 Å². The van der Waals surface area contributed by atoms with Crippen LogP contribution in [0, 0.1) is 0 Å². The van der Waals surface area contributed by atoms with Gasteiger partial charge >= 0.3 is 0 Å². The smallest absolute Gasteiger partial charge is 0.125 e. The number of rotatable bonds is 5. The molecule has 0 aromatic heterocycles. The molecule has 0 radical (unpaired) electrons. The van der Waals surface area contributed by atoms with Gasteiger partial charge in [-0.2, -0.15) is 0 Å². The largest absolute Gasteiger partial charge is 0.493 e. The second kappa shape index (κ2) is 6.03. The van der Waals surface area contributed by atoms with E-state index in [1.54, 1.807) is 0 Å². The molecular formula is C14H22O3. The highest BCUT2D eigenvalue weighted by molar-refractivity contribution is 5.35. The average Bonchev–Trinajstić information content (AvgIpc) is 2.26. The van der Waals surface area contributed by atoms with Crippen LogP contribution in [0.3, 0.4) is 0 Å². The predicted molar refractivity (Wildman–Crippen MR) is 68.3 cm³/mol. The molecule has 0 spiro atoms. The van der Waals surface area contributed by atoms with E-state index in [1.807, 2.05) is 52.0 Å². The van der Waals surface area contributed by atoms with Crippen molar-refractivity contribution in [2.24, 2.45) is 0 Å². The van der Waals surface area contributed by atoms with Crippen molar-refractivity contribution in [2.45, 2.75) is 39.4 Å². The van der Waals surface area contributed by atoms with Gasteiger partial charge in [0.15, 0.2) is 0 Å². The second-order valence-electron chi connectivity index (χ2n) is 4.91. The van der Waals surface area contributed by atoms with Crippen LogP contribution in [0.2, 0.25) is 0 Å². The molecule has 0 aliphatic rings. The van der Waals surface area contributed by atoms with Gasteiger partial charge in [0.25, 0.3) is 0 Å². The van der Waals surface area contributed by atoms with Crippen LogP contribution in [0.5, 0.6) is 5.75 Å². The Hall–Kier alpha value is -1.06. The molecule has 1 aromatic rings. The normalized spacial score (nSPS) is 13.5. The molecule has 96 valence electrons. The van der Waals surface area contributed by atoms with Crippen molar-refractivity contribution in [1.29, 1.82) is 0 Å². The molecular weight excluding hydrogens is 216 g/mol. The number of benzene rings is 1. The first-order chi connectivity index (χ1) is 7.94. The van der Waals surface area contributed by atoms with Crippen molar-refractivity contribution in [3.8, 4) is 5.75 Å². The summed E-state index contributed by atoms with van der Waals surface area (Å²) in [6, 6.07) is 7.50. The van der Waals surface area contributed by atoms with Crippen LogP contribution in [0.15, 0.2) is 24.3 Å². The summed E-state index contributed by atoms with van der Waals surface area (Å²) < 4.78 is 11.0. The Morgan fingerprint density at radius 3 is 2.47 bits per heavy atom. The van der Waals surface area contributed by atoms with Crippen molar-refractivity contribution in [2.75, 3.05) is 13.2 Å². The minimum absolute atomic E-state index is 0.248.